The number of hydrogen-bond donors (Lipinski definition) is 1. The lowest BCUT2D eigenvalue weighted by Crippen LogP contribution is -2.37. The minimum Gasteiger partial charge on any atom is -0.278 e. The van der Waals surface area contributed by atoms with E-state index < -0.39 is 0 Å². The van der Waals surface area contributed by atoms with Crippen LogP contribution in [0.3, 0.4) is 0 Å². The third-order valence-corrected chi connectivity index (χ3v) is 4.87. The molecule has 1 heterocycles. The fraction of sp³-hybridized carbons (Fsp3) is 1.00. The van der Waals surface area contributed by atoms with Crippen molar-refractivity contribution in [2.75, 3.05) is 19.3 Å². The standard InChI is InChI=1S/C5H13N2PS2/c1-7-2-5(10-6)4(8)3-9-7/h4-5H,2-3,6,8H2,1H3. The van der Waals surface area contributed by atoms with Gasteiger partial charge in [0, 0.05) is 17.5 Å². The summed E-state index contributed by atoms with van der Waals surface area (Å²) in [6, 6.07) is 0. The van der Waals surface area contributed by atoms with Crippen LogP contribution in [0.2, 0.25) is 0 Å². The van der Waals surface area contributed by atoms with E-state index in [1.54, 1.807) is 0 Å². The lowest BCUT2D eigenvalue weighted by atomic mass is 10.3. The summed E-state index contributed by atoms with van der Waals surface area (Å²) >= 11 is 3.37. The zero-order valence-electron chi connectivity index (χ0n) is 5.99. The van der Waals surface area contributed by atoms with Gasteiger partial charge in [0.15, 0.2) is 0 Å². The lowest BCUT2D eigenvalue weighted by molar-refractivity contribution is 0.531. The highest BCUT2D eigenvalue weighted by Gasteiger charge is 2.24. The summed E-state index contributed by atoms with van der Waals surface area (Å²) in [5, 5.41) is 6.12. The van der Waals surface area contributed by atoms with Gasteiger partial charge in [0.1, 0.15) is 0 Å². The Hall–Kier alpha value is 1.05. The largest absolute Gasteiger partial charge is 0.278 e. The van der Waals surface area contributed by atoms with E-state index in [9.17, 15) is 0 Å². The molecule has 3 unspecified atom stereocenters. The van der Waals surface area contributed by atoms with Gasteiger partial charge >= 0.3 is 0 Å². The Bertz CT molecular complexity index is 114. The molecular weight excluding hydrogens is 183 g/mol. The van der Waals surface area contributed by atoms with Gasteiger partial charge in [-0.05, 0) is 12.7 Å². The van der Waals surface area contributed by atoms with E-state index in [4.69, 9.17) is 5.14 Å². The summed E-state index contributed by atoms with van der Waals surface area (Å²) in [7, 11) is 4.97. The highest BCUT2D eigenvalue weighted by atomic mass is 32.2. The Morgan fingerprint density at radius 2 is 2.50 bits per heavy atom. The number of nitrogens with zero attached hydrogens (tertiary/aromatic N) is 1. The fourth-order valence-electron chi connectivity index (χ4n) is 0.906. The van der Waals surface area contributed by atoms with Crippen LogP contribution in [0.15, 0.2) is 0 Å². The molecule has 2 nitrogen and oxygen atoms in total. The summed E-state index contributed by atoms with van der Waals surface area (Å²) < 4.78 is 2.26. The Morgan fingerprint density at radius 1 is 1.80 bits per heavy atom. The second-order valence-corrected chi connectivity index (χ2v) is 5.39. The molecule has 0 bridgehead atoms. The molecule has 0 saturated carbocycles. The molecule has 3 atom stereocenters. The zero-order chi connectivity index (χ0) is 7.56. The zero-order valence-corrected chi connectivity index (χ0v) is 8.78. The first-order valence-electron chi connectivity index (χ1n) is 3.19. The summed E-state index contributed by atoms with van der Waals surface area (Å²) in [6.07, 6.45) is 0. The summed E-state index contributed by atoms with van der Waals surface area (Å²) in [6.45, 7) is 1.10. The van der Waals surface area contributed by atoms with Crippen LogP contribution in [0, 0.1) is 0 Å². The Kier molecular flexibility index (Phi) is 3.81. The van der Waals surface area contributed by atoms with Crippen molar-refractivity contribution >= 4 is 33.1 Å². The van der Waals surface area contributed by atoms with Gasteiger partial charge in [-0.15, -0.1) is 9.24 Å². The van der Waals surface area contributed by atoms with E-state index in [1.807, 2.05) is 11.9 Å². The van der Waals surface area contributed by atoms with Crippen LogP contribution in [0.4, 0.5) is 0 Å². The van der Waals surface area contributed by atoms with Crippen molar-refractivity contribution < 1.29 is 0 Å². The van der Waals surface area contributed by atoms with Crippen LogP contribution >= 0.6 is 33.1 Å². The molecule has 0 amide bonds. The molecule has 0 aliphatic carbocycles. The molecule has 1 aliphatic rings. The van der Waals surface area contributed by atoms with Crippen LogP contribution in [0.25, 0.3) is 0 Å². The molecule has 10 heavy (non-hydrogen) atoms. The maximum absolute atomic E-state index is 5.52. The van der Waals surface area contributed by atoms with Crippen LogP contribution in [0.5, 0.6) is 0 Å². The molecule has 0 aromatic carbocycles. The van der Waals surface area contributed by atoms with Crippen LogP contribution in [-0.2, 0) is 0 Å². The number of nitrogens with two attached hydrogens (primary N) is 1. The molecule has 1 aliphatic heterocycles. The SMILES string of the molecule is CN1CC(SN)C(P)CS1. The molecule has 2 N–H and O–H groups in total. The number of hydrogen-bond acceptors (Lipinski definition) is 4. The summed E-state index contributed by atoms with van der Waals surface area (Å²) in [5.41, 5.74) is 0.677. The van der Waals surface area contributed by atoms with Crippen LogP contribution < -0.4 is 5.14 Å². The van der Waals surface area contributed by atoms with E-state index >= 15 is 0 Å². The van der Waals surface area contributed by atoms with E-state index in [0.29, 0.717) is 10.9 Å². The van der Waals surface area contributed by atoms with Crippen molar-refractivity contribution in [3.05, 3.63) is 0 Å². The van der Waals surface area contributed by atoms with E-state index in [0.717, 1.165) is 6.54 Å². The lowest BCUT2D eigenvalue weighted by Gasteiger charge is -2.32. The normalized spacial score (nSPS) is 36.3. The molecule has 1 saturated heterocycles. The predicted molar refractivity (Wildman–Crippen MR) is 54.2 cm³/mol. The maximum Gasteiger partial charge on any atom is 0.0398 e. The van der Waals surface area contributed by atoms with Crippen molar-refractivity contribution in [1.82, 2.24) is 4.31 Å². The highest BCUT2D eigenvalue weighted by molar-refractivity contribution is 7.99. The van der Waals surface area contributed by atoms with Crippen molar-refractivity contribution in [2.45, 2.75) is 10.9 Å². The average Bonchev–Trinajstić information content (AvgIpc) is 1.94. The van der Waals surface area contributed by atoms with Gasteiger partial charge < -0.3 is 0 Å². The smallest absolute Gasteiger partial charge is 0.0398 e. The Labute approximate surface area is 73.1 Å². The van der Waals surface area contributed by atoms with Gasteiger partial charge in [0.25, 0.3) is 0 Å². The van der Waals surface area contributed by atoms with Crippen molar-refractivity contribution in [3.8, 4) is 0 Å². The van der Waals surface area contributed by atoms with Gasteiger partial charge in [-0.1, -0.05) is 23.9 Å². The minimum atomic E-state index is 0.594. The summed E-state index contributed by atoms with van der Waals surface area (Å²) in [5.74, 6) is 1.18. The first-order valence-corrected chi connectivity index (χ1v) is 5.74. The van der Waals surface area contributed by atoms with Crippen molar-refractivity contribution in [3.63, 3.8) is 0 Å². The second-order valence-electron chi connectivity index (χ2n) is 2.44. The molecule has 0 aromatic heterocycles. The first kappa shape index (κ1) is 9.14. The van der Waals surface area contributed by atoms with Gasteiger partial charge in [0.2, 0.25) is 0 Å². The molecule has 0 radical (unpaired) electrons. The molecule has 0 aromatic rings. The molecule has 0 spiro atoms. The monoisotopic (exact) mass is 196 g/mol. The molecule has 1 fully saturated rings. The number of rotatable bonds is 1. The topological polar surface area (TPSA) is 29.3 Å². The van der Waals surface area contributed by atoms with Gasteiger partial charge in [0.05, 0.1) is 0 Å². The Morgan fingerprint density at radius 3 is 3.00 bits per heavy atom. The third-order valence-electron chi connectivity index (χ3n) is 1.58. The first-order chi connectivity index (χ1) is 4.74. The highest BCUT2D eigenvalue weighted by Crippen LogP contribution is 2.28. The van der Waals surface area contributed by atoms with Crippen molar-refractivity contribution in [2.24, 2.45) is 5.14 Å². The van der Waals surface area contributed by atoms with Gasteiger partial charge in [-0.25, -0.2) is 0 Å². The van der Waals surface area contributed by atoms with E-state index in [-0.39, 0.29) is 0 Å². The average molecular weight is 196 g/mol. The molecule has 1 rings (SSSR count). The maximum atomic E-state index is 5.52. The van der Waals surface area contributed by atoms with E-state index in [1.165, 1.54) is 17.7 Å². The van der Waals surface area contributed by atoms with Crippen LogP contribution in [-0.4, -0.2) is 34.6 Å². The predicted octanol–water partition coefficient (Wildman–Crippen LogP) is 0.799. The molecule has 5 heteroatoms. The van der Waals surface area contributed by atoms with Gasteiger partial charge in [-0.2, -0.15) is 0 Å². The van der Waals surface area contributed by atoms with Crippen LogP contribution in [0.1, 0.15) is 0 Å². The molecule has 60 valence electrons. The quantitative estimate of drug-likeness (QED) is 0.496. The minimum absolute atomic E-state index is 0.594. The van der Waals surface area contributed by atoms with Crippen molar-refractivity contribution in [1.29, 1.82) is 0 Å². The molecular formula is C5H13N2PS2. The second kappa shape index (κ2) is 4.17. The van der Waals surface area contributed by atoms with E-state index in [2.05, 4.69) is 20.6 Å². The Balaban J connectivity index is 2.38. The summed E-state index contributed by atoms with van der Waals surface area (Å²) in [4.78, 5) is 0. The van der Waals surface area contributed by atoms with Gasteiger partial charge in [-0.3, -0.25) is 9.44 Å². The fourth-order valence-corrected chi connectivity index (χ4v) is 3.31. The third kappa shape index (κ3) is 2.28.